The second-order valence-electron chi connectivity index (χ2n) is 5.15. The Bertz CT molecular complexity index is 693. The quantitative estimate of drug-likeness (QED) is 0.853. The van der Waals surface area contributed by atoms with Crippen LogP contribution in [-0.4, -0.2) is 42.4 Å². The average molecular weight is 283 g/mol. The molecule has 21 heavy (non-hydrogen) atoms. The van der Waals surface area contributed by atoms with E-state index in [9.17, 15) is 9.59 Å². The van der Waals surface area contributed by atoms with Crippen molar-refractivity contribution < 1.29 is 9.59 Å². The van der Waals surface area contributed by atoms with Crippen molar-refractivity contribution in [1.29, 1.82) is 0 Å². The molecule has 1 unspecified atom stereocenters. The second kappa shape index (κ2) is 5.54. The number of amides is 2. The Labute approximate surface area is 122 Å². The van der Waals surface area contributed by atoms with E-state index >= 15 is 0 Å². The fourth-order valence-corrected chi connectivity index (χ4v) is 2.77. The SMILES string of the molecule is NC(=O)C1CNCCN1C(=O)c1cccc2ccccc12. The highest BCUT2D eigenvalue weighted by Gasteiger charge is 2.31. The number of hydrogen-bond acceptors (Lipinski definition) is 3. The van der Waals surface area contributed by atoms with Gasteiger partial charge in [0.1, 0.15) is 6.04 Å². The van der Waals surface area contributed by atoms with E-state index in [1.54, 1.807) is 11.0 Å². The Morgan fingerprint density at radius 2 is 1.90 bits per heavy atom. The van der Waals surface area contributed by atoms with Gasteiger partial charge < -0.3 is 16.0 Å². The predicted molar refractivity (Wildman–Crippen MR) is 80.8 cm³/mol. The van der Waals surface area contributed by atoms with Gasteiger partial charge in [0.25, 0.3) is 5.91 Å². The number of hydrogen-bond donors (Lipinski definition) is 2. The number of carbonyl (C=O) groups is 2. The van der Waals surface area contributed by atoms with Crippen molar-refractivity contribution in [3.63, 3.8) is 0 Å². The lowest BCUT2D eigenvalue weighted by Crippen LogP contribution is -2.58. The summed E-state index contributed by atoms with van der Waals surface area (Å²) in [6.45, 7) is 1.56. The first-order chi connectivity index (χ1) is 10.2. The van der Waals surface area contributed by atoms with Crippen LogP contribution in [0.25, 0.3) is 10.8 Å². The summed E-state index contributed by atoms with van der Waals surface area (Å²) in [5.41, 5.74) is 6.03. The lowest BCUT2D eigenvalue weighted by Gasteiger charge is -2.34. The summed E-state index contributed by atoms with van der Waals surface area (Å²) in [4.78, 5) is 25.9. The van der Waals surface area contributed by atoms with Gasteiger partial charge in [0.15, 0.2) is 0 Å². The molecule has 1 aliphatic heterocycles. The molecule has 5 nitrogen and oxygen atoms in total. The maximum Gasteiger partial charge on any atom is 0.255 e. The Morgan fingerprint density at radius 1 is 1.14 bits per heavy atom. The molecule has 1 heterocycles. The third-order valence-corrected chi connectivity index (χ3v) is 3.85. The van der Waals surface area contributed by atoms with Crippen LogP contribution in [0.3, 0.4) is 0 Å². The van der Waals surface area contributed by atoms with Crippen LogP contribution in [0.4, 0.5) is 0 Å². The standard InChI is InChI=1S/C16H17N3O2/c17-15(20)14-10-18-8-9-19(14)16(21)13-7-3-5-11-4-1-2-6-12(11)13/h1-7,14,18H,8-10H2,(H2,17,20). The van der Waals surface area contributed by atoms with Crippen molar-refractivity contribution in [3.8, 4) is 0 Å². The van der Waals surface area contributed by atoms with Crippen LogP contribution < -0.4 is 11.1 Å². The Hall–Kier alpha value is -2.40. The van der Waals surface area contributed by atoms with E-state index in [1.165, 1.54) is 0 Å². The molecule has 0 spiro atoms. The fourth-order valence-electron chi connectivity index (χ4n) is 2.77. The Morgan fingerprint density at radius 3 is 2.71 bits per heavy atom. The van der Waals surface area contributed by atoms with E-state index < -0.39 is 11.9 Å². The largest absolute Gasteiger partial charge is 0.368 e. The highest BCUT2D eigenvalue weighted by Crippen LogP contribution is 2.21. The molecule has 1 saturated heterocycles. The zero-order valence-corrected chi connectivity index (χ0v) is 11.6. The summed E-state index contributed by atoms with van der Waals surface area (Å²) in [6.07, 6.45) is 0. The molecular formula is C16H17N3O2. The molecule has 1 aliphatic rings. The summed E-state index contributed by atoms with van der Waals surface area (Å²) >= 11 is 0. The molecule has 5 heteroatoms. The van der Waals surface area contributed by atoms with Crippen molar-refractivity contribution in [2.75, 3.05) is 19.6 Å². The van der Waals surface area contributed by atoms with Crippen LogP contribution in [0.2, 0.25) is 0 Å². The highest BCUT2D eigenvalue weighted by molar-refractivity contribution is 6.08. The third-order valence-electron chi connectivity index (χ3n) is 3.85. The first-order valence-corrected chi connectivity index (χ1v) is 6.97. The van der Waals surface area contributed by atoms with Gasteiger partial charge in [-0.25, -0.2) is 0 Å². The van der Waals surface area contributed by atoms with Gasteiger partial charge in [-0.2, -0.15) is 0 Å². The molecule has 3 rings (SSSR count). The van der Waals surface area contributed by atoms with Crippen molar-refractivity contribution >= 4 is 22.6 Å². The summed E-state index contributed by atoms with van der Waals surface area (Å²) in [7, 11) is 0. The van der Waals surface area contributed by atoms with Crippen LogP contribution in [0.1, 0.15) is 10.4 Å². The minimum Gasteiger partial charge on any atom is -0.368 e. The summed E-state index contributed by atoms with van der Waals surface area (Å²) in [5.74, 6) is -0.618. The Balaban J connectivity index is 2.01. The maximum absolute atomic E-state index is 12.8. The minimum absolute atomic E-state index is 0.142. The van der Waals surface area contributed by atoms with Gasteiger partial charge >= 0.3 is 0 Å². The van der Waals surface area contributed by atoms with E-state index in [1.807, 2.05) is 36.4 Å². The lowest BCUT2D eigenvalue weighted by molar-refractivity contribution is -0.122. The summed E-state index contributed by atoms with van der Waals surface area (Å²) < 4.78 is 0. The zero-order valence-electron chi connectivity index (χ0n) is 11.6. The summed E-state index contributed by atoms with van der Waals surface area (Å²) in [6, 6.07) is 12.8. The molecule has 0 aliphatic carbocycles. The first-order valence-electron chi connectivity index (χ1n) is 6.97. The number of nitrogens with two attached hydrogens (primary N) is 1. The molecule has 2 amide bonds. The van der Waals surface area contributed by atoms with E-state index in [0.717, 1.165) is 10.8 Å². The lowest BCUT2D eigenvalue weighted by atomic mass is 10.0. The molecule has 2 aromatic carbocycles. The van der Waals surface area contributed by atoms with Gasteiger partial charge in [0, 0.05) is 25.2 Å². The zero-order chi connectivity index (χ0) is 14.8. The van der Waals surface area contributed by atoms with E-state index in [0.29, 0.717) is 25.2 Å². The average Bonchev–Trinajstić information content (AvgIpc) is 2.53. The van der Waals surface area contributed by atoms with Crippen LogP contribution >= 0.6 is 0 Å². The third kappa shape index (κ3) is 2.48. The predicted octanol–water partition coefficient (Wildman–Crippen LogP) is 0.739. The number of fused-ring (bicyclic) bond motifs is 1. The number of carbonyl (C=O) groups excluding carboxylic acids is 2. The van der Waals surface area contributed by atoms with Crippen LogP contribution in [0.15, 0.2) is 42.5 Å². The van der Waals surface area contributed by atoms with E-state index in [4.69, 9.17) is 5.73 Å². The minimum atomic E-state index is -0.592. The van der Waals surface area contributed by atoms with Crippen LogP contribution in [-0.2, 0) is 4.79 Å². The number of rotatable bonds is 2. The van der Waals surface area contributed by atoms with Crippen molar-refractivity contribution in [3.05, 3.63) is 48.0 Å². The van der Waals surface area contributed by atoms with Crippen molar-refractivity contribution in [2.24, 2.45) is 5.73 Å². The first kappa shape index (κ1) is 13.6. The fraction of sp³-hybridized carbons (Fsp3) is 0.250. The molecule has 0 aromatic heterocycles. The summed E-state index contributed by atoms with van der Waals surface area (Å²) in [5, 5.41) is 5.00. The van der Waals surface area contributed by atoms with Crippen LogP contribution in [0.5, 0.6) is 0 Å². The smallest absolute Gasteiger partial charge is 0.255 e. The number of nitrogens with one attached hydrogen (secondary N) is 1. The number of nitrogens with zero attached hydrogens (tertiary/aromatic N) is 1. The van der Waals surface area contributed by atoms with Gasteiger partial charge in [0.2, 0.25) is 5.91 Å². The molecule has 2 aromatic rings. The Kier molecular flexibility index (Phi) is 3.58. The highest BCUT2D eigenvalue weighted by atomic mass is 16.2. The maximum atomic E-state index is 12.8. The van der Waals surface area contributed by atoms with Crippen LogP contribution in [0, 0.1) is 0 Å². The second-order valence-corrected chi connectivity index (χ2v) is 5.15. The normalized spacial score (nSPS) is 18.7. The number of primary amides is 1. The van der Waals surface area contributed by atoms with E-state index in [-0.39, 0.29) is 5.91 Å². The van der Waals surface area contributed by atoms with Gasteiger partial charge in [-0.05, 0) is 16.8 Å². The van der Waals surface area contributed by atoms with Crippen molar-refractivity contribution in [2.45, 2.75) is 6.04 Å². The van der Waals surface area contributed by atoms with Gasteiger partial charge in [-0.3, -0.25) is 9.59 Å². The molecule has 1 fully saturated rings. The molecule has 3 N–H and O–H groups in total. The molecule has 0 saturated carbocycles. The van der Waals surface area contributed by atoms with E-state index in [2.05, 4.69) is 5.32 Å². The molecule has 0 bridgehead atoms. The molecule has 0 radical (unpaired) electrons. The van der Waals surface area contributed by atoms with Crippen molar-refractivity contribution in [1.82, 2.24) is 10.2 Å². The molecule has 108 valence electrons. The molecule has 1 atom stereocenters. The topological polar surface area (TPSA) is 75.4 Å². The molecular weight excluding hydrogens is 266 g/mol. The monoisotopic (exact) mass is 283 g/mol. The van der Waals surface area contributed by atoms with Gasteiger partial charge in [0.05, 0.1) is 0 Å². The van der Waals surface area contributed by atoms with Gasteiger partial charge in [-0.15, -0.1) is 0 Å². The number of piperazine rings is 1. The number of benzene rings is 2. The van der Waals surface area contributed by atoms with Gasteiger partial charge in [-0.1, -0.05) is 36.4 Å².